The number of nitrogens with zero attached hydrogens (tertiary/aromatic N) is 3. The summed E-state index contributed by atoms with van der Waals surface area (Å²) in [4.78, 5) is 32.2. The van der Waals surface area contributed by atoms with Crippen LogP contribution >= 0.6 is 11.3 Å². The van der Waals surface area contributed by atoms with Gasteiger partial charge in [0.2, 0.25) is 15.9 Å². The molecule has 36 heavy (non-hydrogen) atoms. The van der Waals surface area contributed by atoms with Crippen LogP contribution < -0.4 is 5.32 Å². The molecule has 0 saturated carbocycles. The molecule has 1 aliphatic rings. The highest BCUT2D eigenvalue weighted by atomic mass is 32.2. The van der Waals surface area contributed by atoms with E-state index in [2.05, 4.69) is 10.3 Å². The highest BCUT2D eigenvalue weighted by molar-refractivity contribution is 7.89. The maximum absolute atomic E-state index is 13.4. The van der Waals surface area contributed by atoms with Gasteiger partial charge in [-0.2, -0.15) is 4.31 Å². The Kier molecular flexibility index (Phi) is 6.82. The molecule has 1 aliphatic heterocycles. The Bertz CT molecular complexity index is 1490. The second-order valence-corrected chi connectivity index (χ2v) is 11.3. The van der Waals surface area contributed by atoms with Gasteiger partial charge in [0.25, 0.3) is 5.91 Å². The van der Waals surface area contributed by atoms with E-state index in [0.29, 0.717) is 0 Å². The van der Waals surface area contributed by atoms with Crippen LogP contribution in [0.4, 0.5) is 0 Å². The van der Waals surface area contributed by atoms with Crippen LogP contribution in [0.2, 0.25) is 0 Å². The largest absolute Gasteiger partial charge is 0.350 e. The van der Waals surface area contributed by atoms with Crippen molar-refractivity contribution in [2.75, 3.05) is 19.6 Å². The first-order chi connectivity index (χ1) is 17.4. The first kappa shape index (κ1) is 24.1. The average molecular weight is 521 g/mol. The van der Waals surface area contributed by atoms with Crippen LogP contribution in [0, 0.1) is 0 Å². The summed E-state index contributed by atoms with van der Waals surface area (Å²) >= 11 is 1.19. The second-order valence-electron chi connectivity index (χ2n) is 8.43. The fourth-order valence-electron chi connectivity index (χ4n) is 4.29. The quantitative estimate of drug-likeness (QED) is 0.421. The predicted octanol–water partition coefficient (Wildman–Crippen LogP) is 3.13. The molecule has 0 radical (unpaired) electrons. The number of rotatable bonds is 6. The smallest absolute Gasteiger partial charge is 0.283 e. The van der Waals surface area contributed by atoms with Crippen molar-refractivity contribution in [1.82, 2.24) is 19.5 Å². The molecule has 2 heterocycles. The summed E-state index contributed by atoms with van der Waals surface area (Å²) in [7, 11) is -3.82. The first-order valence-electron chi connectivity index (χ1n) is 11.4. The number of thiazole rings is 1. The van der Waals surface area contributed by atoms with E-state index in [0.717, 1.165) is 16.3 Å². The minimum atomic E-state index is -3.82. The molecule has 8 nitrogen and oxygen atoms in total. The third-order valence-corrected chi connectivity index (χ3v) is 8.82. The van der Waals surface area contributed by atoms with Gasteiger partial charge in [-0.15, -0.1) is 11.3 Å². The van der Waals surface area contributed by atoms with Crippen molar-refractivity contribution in [3.63, 3.8) is 0 Å². The number of carbonyl (C=O) groups excluding carboxylic acids is 2. The molecule has 2 amide bonds. The maximum atomic E-state index is 13.4. The van der Waals surface area contributed by atoms with E-state index < -0.39 is 22.0 Å². The number of sulfonamides is 1. The molecule has 1 atom stereocenters. The number of aromatic nitrogens is 1. The Morgan fingerprint density at radius 3 is 2.47 bits per heavy atom. The summed E-state index contributed by atoms with van der Waals surface area (Å²) in [6.45, 7) is 0.282. The fourth-order valence-corrected chi connectivity index (χ4v) is 6.34. The van der Waals surface area contributed by atoms with Crippen molar-refractivity contribution in [2.24, 2.45) is 0 Å². The standard InChI is InChI=1S/C26H24N4O4S2/c31-24(28-17-19-10-11-20-6-4-5-7-21(20)16-19)23-18-29(36(33,34)22-8-2-1-3-9-22)13-14-30(23)26(32)25-27-12-15-35-25/h1-12,15-16,23H,13-14,17-18H2,(H,28,31). The van der Waals surface area contributed by atoms with Crippen LogP contribution in [0.15, 0.2) is 89.3 Å². The third-order valence-electron chi connectivity index (χ3n) is 6.18. The number of piperazine rings is 1. The van der Waals surface area contributed by atoms with Gasteiger partial charge >= 0.3 is 0 Å². The van der Waals surface area contributed by atoms with Crippen LogP contribution in [-0.2, 0) is 21.4 Å². The topological polar surface area (TPSA) is 99.7 Å². The maximum Gasteiger partial charge on any atom is 0.283 e. The molecule has 0 aliphatic carbocycles. The fraction of sp³-hybridized carbons (Fsp3) is 0.192. The summed E-state index contributed by atoms with van der Waals surface area (Å²) in [6, 6.07) is 21.0. The molecular formula is C26H24N4O4S2. The Balaban J connectivity index is 1.38. The van der Waals surface area contributed by atoms with Gasteiger partial charge < -0.3 is 10.2 Å². The van der Waals surface area contributed by atoms with Crippen molar-refractivity contribution in [2.45, 2.75) is 17.5 Å². The lowest BCUT2D eigenvalue weighted by atomic mass is 10.1. The zero-order valence-electron chi connectivity index (χ0n) is 19.3. The minimum Gasteiger partial charge on any atom is -0.350 e. The van der Waals surface area contributed by atoms with Gasteiger partial charge in [0.1, 0.15) is 6.04 Å². The molecule has 1 saturated heterocycles. The van der Waals surface area contributed by atoms with Crippen LogP contribution in [0.3, 0.4) is 0 Å². The molecule has 184 valence electrons. The third kappa shape index (κ3) is 4.88. The van der Waals surface area contributed by atoms with E-state index in [-0.39, 0.29) is 42.0 Å². The van der Waals surface area contributed by atoms with E-state index in [1.54, 1.807) is 23.6 Å². The van der Waals surface area contributed by atoms with Crippen molar-refractivity contribution < 1.29 is 18.0 Å². The number of benzene rings is 3. The lowest BCUT2D eigenvalue weighted by Crippen LogP contribution is -2.61. The Morgan fingerprint density at radius 1 is 0.972 bits per heavy atom. The number of carbonyl (C=O) groups is 2. The molecule has 1 aromatic heterocycles. The van der Waals surface area contributed by atoms with Crippen molar-refractivity contribution in [3.8, 4) is 0 Å². The van der Waals surface area contributed by atoms with Gasteiger partial charge in [-0.3, -0.25) is 9.59 Å². The van der Waals surface area contributed by atoms with Crippen LogP contribution in [0.5, 0.6) is 0 Å². The monoisotopic (exact) mass is 520 g/mol. The van der Waals surface area contributed by atoms with Crippen molar-refractivity contribution >= 4 is 43.9 Å². The molecule has 1 unspecified atom stereocenters. The molecule has 0 spiro atoms. The Labute approximate surface area is 213 Å². The van der Waals surface area contributed by atoms with E-state index in [1.165, 1.54) is 38.9 Å². The number of amides is 2. The zero-order chi connectivity index (χ0) is 25.1. The molecule has 10 heteroatoms. The molecule has 1 N–H and O–H groups in total. The highest BCUT2D eigenvalue weighted by Gasteiger charge is 2.40. The first-order valence-corrected chi connectivity index (χ1v) is 13.8. The van der Waals surface area contributed by atoms with Crippen molar-refractivity contribution in [1.29, 1.82) is 0 Å². The van der Waals surface area contributed by atoms with Crippen LogP contribution in [-0.4, -0.2) is 60.1 Å². The van der Waals surface area contributed by atoms with Crippen molar-refractivity contribution in [3.05, 3.63) is 94.9 Å². The van der Waals surface area contributed by atoms with Gasteiger partial charge in [0.05, 0.1) is 4.90 Å². The van der Waals surface area contributed by atoms with Crippen LogP contribution in [0.25, 0.3) is 10.8 Å². The molecule has 1 fully saturated rings. The van der Waals surface area contributed by atoms with Gasteiger partial charge in [0, 0.05) is 37.8 Å². The lowest BCUT2D eigenvalue weighted by molar-refractivity contribution is -0.127. The molecule has 3 aromatic carbocycles. The average Bonchev–Trinajstić information content (AvgIpc) is 3.46. The van der Waals surface area contributed by atoms with E-state index in [4.69, 9.17) is 0 Å². The van der Waals surface area contributed by atoms with Gasteiger partial charge in [-0.25, -0.2) is 13.4 Å². The molecule has 5 rings (SSSR count). The number of hydrogen-bond donors (Lipinski definition) is 1. The Hall–Kier alpha value is -3.60. The van der Waals surface area contributed by atoms with Gasteiger partial charge in [0.15, 0.2) is 5.01 Å². The van der Waals surface area contributed by atoms with Gasteiger partial charge in [-0.05, 0) is 34.5 Å². The molecule has 0 bridgehead atoms. The number of fused-ring (bicyclic) bond motifs is 1. The summed E-state index contributed by atoms with van der Waals surface area (Å²) in [6.07, 6.45) is 1.53. The number of hydrogen-bond acceptors (Lipinski definition) is 6. The van der Waals surface area contributed by atoms with Crippen LogP contribution in [0.1, 0.15) is 15.4 Å². The number of nitrogens with one attached hydrogen (secondary N) is 1. The minimum absolute atomic E-state index is 0.0819. The van der Waals surface area contributed by atoms with E-state index >= 15 is 0 Å². The predicted molar refractivity (Wildman–Crippen MR) is 138 cm³/mol. The molecule has 4 aromatic rings. The summed E-state index contributed by atoms with van der Waals surface area (Å²) in [5.74, 6) is -0.798. The summed E-state index contributed by atoms with van der Waals surface area (Å²) < 4.78 is 27.8. The zero-order valence-corrected chi connectivity index (χ0v) is 20.9. The van der Waals surface area contributed by atoms with E-state index in [1.807, 2.05) is 42.5 Å². The SMILES string of the molecule is O=C(NCc1ccc2ccccc2c1)C1CN(S(=O)(=O)c2ccccc2)CCN1C(=O)c1nccs1. The highest BCUT2D eigenvalue weighted by Crippen LogP contribution is 2.22. The van der Waals surface area contributed by atoms with E-state index in [9.17, 15) is 18.0 Å². The summed E-state index contributed by atoms with van der Waals surface area (Å²) in [5, 5.41) is 7.02. The van der Waals surface area contributed by atoms with Gasteiger partial charge in [-0.1, -0.05) is 54.6 Å². The lowest BCUT2D eigenvalue weighted by Gasteiger charge is -2.39. The molecular weight excluding hydrogens is 496 g/mol. The summed E-state index contributed by atoms with van der Waals surface area (Å²) in [5.41, 5.74) is 0.907. The normalized spacial score (nSPS) is 16.7. The second kappa shape index (κ2) is 10.2. The Morgan fingerprint density at radius 2 is 1.72 bits per heavy atom.